The summed E-state index contributed by atoms with van der Waals surface area (Å²) < 4.78 is 0. The molecule has 24 heavy (non-hydrogen) atoms. The average molecular weight is 344 g/mol. The van der Waals surface area contributed by atoms with E-state index >= 15 is 0 Å². The van der Waals surface area contributed by atoms with Crippen LogP contribution in [0.25, 0.3) is 0 Å². The first-order valence-corrected chi connectivity index (χ1v) is 8.84. The van der Waals surface area contributed by atoms with E-state index < -0.39 is 5.97 Å². The van der Waals surface area contributed by atoms with E-state index in [4.69, 9.17) is 5.11 Å². The van der Waals surface area contributed by atoms with Crippen molar-refractivity contribution in [2.45, 2.75) is 32.6 Å². The van der Waals surface area contributed by atoms with E-state index in [1.807, 2.05) is 11.8 Å². The fraction of sp³-hybridized carbons (Fsp3) is 0.389. The highest BCUT2D eigenvalue weighted by Crippen LogP contribution is 2.31. The van der Waals surface area contributed by atoms with Crippen molar-refractivity contribution in [1.82, 2.24) is 9.88 Å². The maximum absolute atomic E-state index is 12.7. The van der Waals surface area contributed by atoms with Crippen molar-refractivity contribution in [3.8, 4) is 0 Å². The number of carboxylic acid groups (broad SMARTS) is 1. The number of hydrogen-bond acceptors (Lipinski definition) is 4. The Morgan fingerprint density at radius 3 is 2.46 bits per heavy atom. The van der Waals surface area contributed by atoms with Crippen LogP contribution in [-0.2, 0) is 0 Å². The summed E-state index contributed by atoms with van der Waals surface area (Å²) in [6.45, 7) is 5.50. The second-order valence-corrected chi connectivity index (χ2v) is 7.40. The monoisotopic (exact) mass is 344 g/mol. The number of nitrogens with zero attached hydrogens (tertiary/aromatic N) is 2. The van der Waals surface area contributed by atoms with Crippen LogP contribution in [0.1, 0.15) is 55.1 Å². The number of benzene rings is 1. The number of aromatic nitrogens is 1. The van der Waals surface area contributed by atoms with Crippen molar-refractivity contribution >= 4 is 23.2 Å². The SMILES string of the molecule is Cc1nc(C2CCCN(C(=O)c3ccc(C(=O)O)cc3)C2)sc1C. The number of piperidine rings is 1. The molecule has 1 aliphatic rings. The van der Waals surface area contributed by atoms with Gasteiger partial charge in [-0.3, -0.25) is 4.79 Å². The van der Waals surface area contributed by atoms with Gasteiger partial charge in [-0.2, -0.15) is 0 Å². The molecule has 5 nitrogen and oxygen atoms in total. The zero-order valence-electron chi connectivity index (χ0n) is 13.8. The summed E-state index contributed by atoms with van der Waals surface area (Å²) in [4.78, 5) is 31.3. The fourth-order valence-electron chi connectivity index (χ4n) is 2.97. The Hall–Kier alpha value is -2.21. The van der Waals surface area contributed by atoms with Crippen molar-refractivity contribution in [3.05, 3.63) is 51.0 Å². The van der Waals surface area contributed by atoms with Gasteiger partial charge in [0.2, 0.25) is 0 Å². The third-order valence-electron chi connectivity index (χ3n) is 4.48. The summed E-state index contributed by atoms with van der Waals surface area (Å²) >= 11 is 1.72. The highest BCUT2D eigenvalue weighted by molar-refractivity contribution is 7.11. The van der Waals surface area contributed by atoms with Gasteiger partial charge in [0.1, 0.15) is 0 Å². The van der Waals surface area contributed by atoms with Crippen LogP contribution in [0.4, 0.5) is 0 Å². The molecule has 126 valence electrons. The predicted octanol–water partition coefficient (Wildman–Crippen LogP) is 3.48. The zero-order valence-corrected chi connectivity index (χ0v) is 14.6. The van der Waals surface area contributed by atoms with Gasteiger partial charge < -0.3 is 10.0 Å². The van der Waals surface area contributed by atoms with Gasteiger partial charge in [-0.15, -0.1) is 11.3 Å². The molecule has 3 rings (SSSR count). The minimum atomic E-state index is -0.985. The number of aromatic carboxylic acids is 1. The van der Waals surface area contributed by atoms with Gasteiger partial charge in [0.15, 0.2) is 0 Å². The molecule has 1 atom stereocenters. The summed E-state index contributed by atoms with van der Waals surface area (Å²) in [5, 5.41) is 10.1. The molecule has 1 fully saturated rings. The molecule has 1 saturated heterocycles. The van der Waals surface area contributed by atoms with Crippen LogP contribution in [-0.4, -0.2) is 40.0 Å². The molecule has 1 aliphatic heterocycles. The van der Waals surface area contributed by atoms with Crippen LogP contribution in [0.3, 0.4) is 0 Å². The van der Waals surface area contributed by atoms with Crippen LogP contribution >= 0.6 is 11.3 Å². The molecule has 0 saturated carbocycles. The number of hydrogen-bond donors (Lipinski definition) is 1. The standard InChI is InChI=1S/C18H20N2O3S/c1-11-12(2)24-16(19-11)15-4-3-9-20(10-15)17(21)13-5-7-14(8-6-13)18(22)23/h5-8,15H,3-4,9-10H2,1-2H3,(H,22,23). The predicted molar refractivity (Wildman–Crippen MR) is 92.9 cm³/mol. The maximum atomic E-state index is 12.7. The molecule has 0 radical (unpaired) electrons. The minimum absolute atomic E-state index is 0.0401. The first kappa shape index (κ1) is 16.6. The molecule has 1 aromatic carbocycles. The van der Waals surface area contributed by atoms with Crippen molar-refractivity contribution < 1.29 is 14.7 Å². The van der Waals surface area contributed by atoms with E-state index in [1.165, 1.54) is 17.0 Å². The Kier molecular flexibility index (Phi) is 4.66. The van der Waals surface area contributed by atoms with E-state index in [-0.39, 0.29) is 11.5 Å². The smallest absolute Gasteiger partial charge is 0.335 e. The molecule has 1 unspecified atom stereocenters. The number of aryl methyl sites for hydroxylation is 2. The summed E-state index contributed by atoms with van der Waals surface area (Å²) in [6.07, 6.45) is 2.01. The van der Waals surface area contributed by atoms with E-state index in [0.717, 1.165) is 30.1 Å². The molecular weight excluding hydrogens is 324 g/mol. The molecule has 2 heterocycles. The minimum Gasteiger partial charge on any atom is -0.478 e. The van der Waals surface area contributed by atoms with Gasteiger partial charge in [0.25, 0.3) is 5.91 Å². The average Bonchev–Trinajstić information content (AvgIpc) is 2.93. The topological polar surface area (TPSA) is 70.5 Å². The Morgan fingerprint density at radius 1 is 1.21 bits per heavy atom. The van der Waals surface area contributed by atoms with Crippen LogP contribution in [0.2, 0.25) is 0 Å². The van der Waals surface area contributed by atoms with Crippen molar-refractivity contribution in [1.29, 1.82) is 0 Å². The second-order valence-electron chi connectivity index (χ2n) is 6.17. The highest BCUT2D eigenvalue weighted by Gasteiger charge is 2.27. The van der Waals surface area contributed by atoms with Crippen LogP contribution < -0.4 is 0 Å². The lowest BCUT2D eigenvalue weighted by molar-refractivity contribution is 0.0687. The molecular formula is C18H20N2O3S. The number of carbonyl (C=O) groups excluding carboxylic acids is 1. The van der Waals surface area contributed by atoms with Crippen LogP contribution in [0.15, 0.2) is 24.3 Å². The van der Waals surface area contributed by atoms with E-state index in [1.54, 1.807) is 23.5 Å². The Morgan fingerprint density at radius 2 is 1.88 bits per heavy atom. The summed E-state index contributed by atoms with van der Waals surface area (Å²) in [5.74, 6) is -0.735. The third kappa shape index (κ3) is 3.33. The number of likely N-dealkylation sites (tertiary alicyclic amines) is 1. The van der Waals surface area contributed by atoms with Crippen LogP contribution in [0, 0.1) is 13.8 Å². The van der Waals surface area contributed by atoms with E-state index in [9.17, 15) is 9.59 Å². The summed E-state index contributed by atoms with van der Waals surface area (Å²) in [5.41, 5.74) is 1.80. The van der Waals surface area contributed by atoms with Gasteiger partial charge in [-0.05, 0) is 51.0 Å². The molecule has 1 amide bonds. The molecule has 0 bridgehead atoms. The Bertz CT molecular complexity index is 748. The van der Waals surface area contributed by atoms with Crippen molar-refractivity contribution in [2.24, 2.45) is 0 Å². The quantitative estimate of drug-likeness (QED) is 0.925. The van der Waals surface area contributed by atoms with Gasteiger partial charge in [0.05, 0.1) is 16.3 Å². The second kappa shape index (κ2) is 6.73. The van der Waals surface area contributed by atoms with E-state index in [2.05, 4.69) is 11.9 Å². The third-order valence-corrected chi connectivity index (χ3v) is 5.72. The maximum Gasteiger partial charge on any atom is 0.335 e. The molecule has 0 spiro atoms. The molecule has 6 heteroatoms. The van der Waals surface area contributed by atoms with Gasteiger partial charge in [0, 0.05) is 29.4 Å². The number of rotatable bonds is 3. The summed E-state index contributed by atoms with van der Waals surface area (Å²) in [7, 11) is 0. The first-order chi connectivity index (χ1) is 11.5. The number of thiazole rings is 1. The molecule has 1 N–H and O–H groups in total. The Balaban J connectivity index is 1.74. The fourth-order valence-corrected chi connectivity index (χ4v) is 4.02. The van der Waals surface area contributed by atoms with Crippen molar-refractivity contribution in [2.75, 3.05) is 13.1 Å². The lowest BCUT2D eigenvalue weighted by Crippen LogP contribution is -2.39. The van der Waals surface area contributed by atoms with Gasteiger partial charge >= 0.3 is 5.97 Å². The molecule has 2 aromatic rings. The highest BCUT2D eigenvalue weighted by atomic mass is 32.1. The Labute approximate surface area is 145 Å². The lowest BCUT2D eigenvalue weighted by atomic mass is 9.98. The number of carbonyl (C=O) groups is 2. The molecule has 1 aromatic heterocycles. The zero-order chi connectivity index (χ0) is 17.3. The number of carboxylic acids is 1. The van der Waals surface area contributed by atoms with Crippen molar-refractivity contribution in [3.63, 3.8) is 0 Å². The van der Waals surface area contributed by atoms with E-state index in [0.29, 0.717) is 18.0 Å². The summed E-state index contributed by atoms with van der Waals surface area (Å²) in [6, 6.07) is 6.13. The number of amides is 1. The first-order valence-electron chi connectivity index (χ1n) is 8.02. The van der Waals surface area contributed by atoms with Gasteiger partial charge in [-0.25, -0.2) is 9.78 Å². The largest absolute Gasteiger partial charge is 0.478 e. The van der Waals surface area contributed by atoms with Crippen LogP contribution in [0.5, 0.6) is 0 Å². The van der Waals surface area contributed by atoms with Gasteiger partial charge in [-0.1, -0.05) is 0 Å². The normalized spacial score (nSPS) is 17.8. The lowest BCUT2D eigenvalue weighted by Gasteiger charge is -2.32. The molecule has 0 aliphatic carbocycles.